The molecule has 0 bridgehead atoms. The number of aromatic amines is 1. The van der Waals surface area contributed by atoms with Crippen LogP contribution in [0.3, 0.4) is 0 Å². The molecule has 1 N–H and O–H groups in total. The zero-order chi connectivity index (χ0) is 37.7. The molecule has 1 aromatic heterocycles. The predicted octanol–water partition coefficient (Wildman–Crippen LogP) is 6.50. The molecule has 274 valence electrons. The van der Waals surface area contributed by atoms with Crippen LogP contribution in [0.4, 0.5) is 0 Å². The Bertz CT molecular complexity index is 1890. The van der Waals surface area contributed by atoms with Crippen LogP contribution >= 0.6 is 8.53 Å². The molecular formula is C40H47N4O7P. The Labute approximate surface area is 307 Å². The first-order chi connectivity index (χ1) is 25.0. The van der Waals surface area contributed by atoms with Gasteiger partial charge >= 0.3 is 5.69 Å². The summed E-state index contributed by atoms with van der Waals surface area (Å²) < 4.78 is 34.7. The van der Waals surface area contributed by atoms with Crippen LogP contribution in [-0.4, -0.2) is 59.8 Å². The van der Waals surface area contributed by atoms with Crippen LogP contribution in [-0.2, 0) is 26.4 Å². The second kappa shape index (κ2) is 19.2. The maximum atomic E-state index is 12.6. The van der Waals surface area contributed by atoms with Gasteiger partial charge in [-0.15, -0.1) is 0 Å². The highest BCUT2D eigenvalue weighted by molar-refractivity contribution is 7.44. The SMILES string of the molecule is COc1ccc(C(OC[C@H](CC#Cc2cn(C)c(=O)[nH]c2=O)OP(OCCC#N)N(C(C)C)C(C)C)(c2ccccc2)c2ccc(OC)cc2)cc1. The molecule has 4 rings (SSSR count). The number of aryl methyl sites for hydroxylation is 1. The fraction of sp³-hybridized carbons (Fsp3) is 0.375. The van der Waals surface area contributed by atoms with Gasteiger partial charge < -0.3 is 27.8 Å². The zero-order valence-corrected chi connectivity index (χ0v) is 31.7. The summed E-state index contributed by atoms with van der Waals surface area (Å²) in [4.78, 5) is 26.8. The molecule has 0 aliphatic rings. The number of hydrogen-bond acceptors (Lipinski definition) is 9. The molecule has 0 amide bonds. The second-order valence-electron chi connectivity index (χ2n) is 12.5. The number of methoxy groups -OCH3 is 2. The van der Waals surface area contributed by atoms with Crippen molar-refractivity contribution in [3.63, 3.8) is 0 Å². The molecule has 3 aromatic carbocycles. The quantitative estimate of drug-likeness (QED) is 0.0561. The van der Waals surface area contributed by atoms with Gasteiger partial charge in [0, 0.05) is 31.7 Å². The van der Waals surface area contributed by atoms with E-state index in [0.717, 1.165) is 16.7 Å². The van der Waals surface area contributed by atoms with Gasteiger partial charge in [0.1, 0.15) is 22.7 Å². The maximum absolute atomic E-state index is 12.6. The molecule has 11 nitrogen and oxygen atoms in total. The van der Waals surface area contributed by atoms with Crippen molar-refractivity contribution < 1.29 is 23.3 Å². The Morgan fingerprint density at radius 2 is 1.42 bits per heavy atom. The molecule has 2 atom stereocenters. The summed E-state index contributed by atoms with van der Waals surface area (Å²) in [6.45, 7) is 8.51. The lowest BCUT2D eigenvalue weighted by Gasteiger charge is -2.39. The van der Waals surface area contributed by atoms with E-state index in [1.54, 1.807) is 21.3 Å². The molecular weight excluding hydrogens is 679 g/mol. The number of nitrogens with zero attached hydrogens (tertiary/aromatic N) is 3. The molecule has 0 aliphatic heterocycles. The minimum atomic E-state index is -1.68. The van der Waals surface area contributed by atoms with E-state index in [1.807, 2.05) is 78.9 Å². The smallest absolute Gasteiger partial charge is 0.328 e. The van der Waals surface area contributed by atoms with E-state index in [4.69, 9.17) is 23.3 Å². The molecule has 52 heavy (non-hydrogen) atoms. The lowest BCUT2D eigenvalue weighted by Crippen LogP contribution is -2.38. The highest BCUT2D eigenvalue weighted by Crippen LogP contribution is 2.48. The summed E-state index contributed by atoms with van der Waals surface area (Å²) in [7, 11) is 3.12. The van der Waals surface area contributed by atoms with Crippen LogP contribution in [0.2, 0.25) is 0 Å². The van der Waals surface area contributed by atoms with E-state index >= 15 is 0 Å². The Hall–Kier alpha value is -4.74. The fourth-order valence-corrected chi connectivity index (χ4v) is 7.45. The third-order valence-corrected chi connectivity index (χ3v) is 10.4. The van der Waals surface area contributed by atoms with Crippen LogP contribution < -0.4 is 20.7 Å². The monoisotopic (exact) mass is 726 g/mol. The number of nitriles is 1. The number of nitrogens with one attached hydrogen (secondary N) is 1. The third kappa shape index (κ3) is 9.98. The van der Waals surface area contributed by atoms with E-state index in [9.17, 15) is 14.9 Å². The van der Waals surface area contributed by atoms with Crippen molar-refractivity contribution in [2.24, 2.45) is 7.05 Å². The van der Waals surface area contributed by atoms with Crippen molar-refractivity contribution in [2.45, 2.75) is 64.3 Å². The molecule has 12 heteroatoms. The van der Waals surface area contributed by atoms with Gasteiger partial charge in [-0.1, -0.05) is 66.4 Å². The number of aromatic nitrogens is 2. The van der Waals surface area contributed by atoms with Crippen LogP contribution in [0.5, 0.6) is 11.5 Å². The molecule has 0 saturated heterocycles. The number of H-pyrrole nitrogens is 1. The summed E-state index contributed by atoms with van der Waals surface area (Å²) in [5.41, 5.74) is 0.515. The van der Waals surface area contributed by atoms with E-state index in [1.165, 1.54) is 10.8 Å². The average molecular weight is 727 g/mol. The Morgan fingerprint density at radius 3 is 1.94 bits per heavy atom. The van der Waals surface area contributed by atoms with Crippen molar-refractivity contribution in [3.8, 4) is 29.4 Å². The van der Waals surface area contributed by atoms with Gasteiger partial charge in [-0.25, -0.2) is 9.46 Å². The minimum absolute atomic E-state index is 0.0513. The summed E-state index contributed by atoms with van der Waals surface area (Å²) in [5.74, 6) is 7.43. The molecule has 4 aromatic rings. The molecule has 0 fully saturated rings. The van der Waals surface area contributed by atoms with Crippen LogP contribution in [0, 0.1) is 23.2 Å². The van der Waals surface area contributed by atoms with Crippen molar-refractivity contribution in [2.75, 3.05) is 27.4 Å². The van der Waals surface area contributed by atoms with Gasteiger partial charge in [0.25, 0.3) is 14.1 Å². The highest BCUT2D eigenvalue weighted by Gasteiger charge is 2.39. The summed E-state index contributed by atoms with van der Waals surface area (Å²) in [5, 5.41) is 9.29. The van der Waals surface area contributed by atoms with Crippen molar-refractivity contribution >= 4 is 8.53 Å². The maximum Gasteiger partial charge on any atom is 0.328 e. The van der Waals surface area contributed by atoms with Crippen molar-refractivity contribution in [1.82, 2.24) is 14.2 Å². The number of benzene rings is 3. The van der Waals surface area contributed by atoms with Gasteiger partial charge in [0.2, 0.25) is 0 Å². The number of ether oxygens (including phenoxy) is 3. The summed E-state index contributed by atoms with van der Waals surface area (Å²) in [6.07, 6.45) is 1.11. The first kappa shape index (κ1) is 40.0. The van der Waals surface area contributed by atoms with E-state index in [-0.39, 0.29) is 43.7 Å². The number of hydrogen-bond donors (Lipinski definition) is 1. The molecule has 0 radical (unpaired) electrons. The van der Waals surface area contributed by atoms with Crippen molar-refractivity contribution in [1.29, 1.82) is 5.26 Å². The van der Waals surface area contributed by atoms with Gasteiger partial charge in [0.05, 0.1) is 46.0 Å². The van der Waals surface area contributed by atoms with Gasteiger partial charge in [-0.05, 0) is 68.7 Å². The number of rotatable bonds is 17. The minimum Gasteiger partial charge on any atom is -0.497 e. The van der Waals surface area contributed by atoms with Crippen LogP contribution in [0.15, 0.2) is 94.6 Å². The standard InChI is InChI=1S/C40H47N4O7P/c1-29(2)44(30(3)4)52(50-26-12-25-41)51-37(16-11-13-31-27-43(5)39(46)42-38(31)45)28-49-40(32-14-9-8-10-15-32,33-17-21-35(47-6)22-18-33)34-19-23-36(48-7)24-20-34/h8-10,14-15,17-24,27,29-30,37H,12,16,26,28H2,1-7H3,(H,42,45,46)/t37-,52?/m0/s1. The van der Waals surface area contributed by atoms with E-state index < -0.39 is 31.5 Å². The lowest BCUT2D eigenvalue weighted by molar-refractivity contribution is -0.0328. The zero-order valence-electron chi connectivity index (χ0n) is 30.8. The fourth-order valence-electron chi connectivity index (χ4n) is 5.75. The summed E-state index contributed by atoms with van der Waals surface area (Å²) >= 11 is 0. The first-order valence-electron chi connectivity index (χ1n) is 17.1. The normalized spacial score (nSPS) is 12.6. The molecule has 0 spiro atoms. The molecule has 1 unspecified atom stereocenters. The molecule has 1 heterocycles. The third-order valence-electron chi connectivity index (χ3n) is 8.22. The lowest BCUT2D eigenvalue weighted by atomic mass is 9.80. The topological polar surface area (TPSA) is 128 Å². The van der Waals surface area contributed by atoms with Crippen LogP contribution in [0.1, 0.15) is 62.8 Å². The van der Waals surface area contributed by atoms with Gasteiger partial charge in [-0.2, -0.15) is 5.26 Å². The Balaban J connectivity index is 1.85. The van der Waals surface area contributed by atoms with E-state index in [2.05, 4.69) is 55.3 Å². The highest BCUT2D eigenvalue weighted by atomic mass is 31.2. The van der Waals surface area contributed by atoms with Crippen LogP contribution in [0.25, 0.3) is 0 Å². The largest absolute Gasteiger partial charge is 0.497 e. The Kier molecular flexibility index (Phi) is 14.8. The van der Waals surface area contributed by atoms with Crippen molar-refractivity contribution in [3.05, 3.63) is 128 Å². The first-order valence-corrected chi connectivity index (χ1v) is 18.2. The predicted molar refractivity (Wildman–Crippen MR) is 202 cm³/mol. The average Bonchev–Trinajstić information content (AvgIpc) is 3.14. The summed E-state index contributed by atoms with van der Waals surface area (Å²) in [6, 6.07) is 27.7. The van der Waals surface area contributed by atoms with E-state index in [0.29, 0.717) is 11.5 Å². The Morgan fingerprint density at radius 1 is 0.865 bits per heavy atom. The van der Waals surface area contributed by atoms with Gasteiger partial charge in [-0.3, -0.25) is 9.78 Å². The molecule has 0 aliphatic carbocycles. The second-order valence-corrected chi connectivity index (χ2v) is 13.9. The van der Waals surface area contributed by atoms with Gasteiger partial charge in [0.15, 0.2) is 0 Å². The molecule has 0 saturated carbocycles.